The minimum atomic E-state index is -0.301. The van der Waals surface area contributed by atoms with Crippen LogP contribution in [0.3, 0.4) is 0 Å². The molecule has 0 aliphatic carbocycles. The van der Waals surface area contributed by atoms with Gasteiger partial charge in [0.15, 0.2) is 5.96 Å². The topological polar surface area (TPSA) is 56.7 Å². The lowest BCUT2D eigenvalue weighted by Crippen LogP contribution is -2.44. The van der Waals surface area contributed by atoms with E-state index in [1.165, 1.54) is 17.0 Å². The summed E-state index contributed by atoms with van der Waals surface area (Å²) in [6, 6.07) is 6.56. The monoisotopic (exact) mass is 462 g/mol. The minimum Gasteiger partial charge on any atom is -0.356 e. The first-order chi connectivity index (χ1) is 11.3. The van der Waals surface area contributed by atoms with Crippen molar-refractivity contribution in [1.82, 2.24) is 15.5 Å². The molecule has 0 unspecified atom stereocenters. The number of nitrogens with one attached hydrogen (secondary N) is 2. The van der Waals surface area contributed by atoms with Crippen molar-refractivity contribution in [2.45, 2.75) is 19.3 Å². The molecule has 0 aliphatic rings. The zero-order valence-corrected chi connectivity index (χ0v) is 17.6. The van der Waals surface area contributed by atoms with Gasteiger partial charge in [0.05, 0.1) is 0 Å². The van der Waals surface area contributed by atoms with Crippen LogP contribution >= 0.6 is 24.0 Å². The Kier molecular flexibility index (Phi) is 10.3. The minimum absolute atomic E-state index is 0. The van der Waals surface area contributed by atoms with E-state index in [1.807, 2.05) is 19.9 Å². The Balaban J connectivity index is 0.00000576. The summed E-state index contributed by atoms with van der Waals surface area (Å²) < 4.78 is 13.4. The second kappa shape index (κ2) is 11.1. The fourth-order valence-corrected chi connectivity index (χ4v) is 1.95. The number of benzene rings is 1. The van der Waals surface area contributed by atoms with Gasteiger partial charge >= 0.3 is 0 Å². The van der Waals surface area contributed by atoms with Gasteiger partial charge in [-0.1, -0.05) is 32.1 Å². The van der Waals surface area contributed by atoms with E-state index < -0.39 is 0 Å². The summed E-state index contributed by atoms with van der Waals surface area (Å²) in [7, 11) is 3.38. The quantitative estimate of drug-likeness (QED) is 0.284. The van der Waals surface area contributed by atoms with E-state index in [2.05, 4.69) is 22.2 Å². The predicted octanol–water partition coefficient (Wildman–Crippen LogP) is 2.53. The second-order valence-electron chi connectivity index (χ2n) is 6.37. The van der Waals surface area contributed by atoms with Crippen LogP contribution in [0, 0.1) is 5.82 Å². The summed E-state index contributed by atoms with van der Waals surface area (Å²) in [5.74, 6) is 0.185. The van der Waals surface area contributed by atoms with E-state index in [-0.39, 0.29) is 47.7 Å². The maximum Gasteiger partial charge on any atom is 0.243 e. The molecule has 140 valence electrons. The molecule has 1 amide bonds. The Bertz CT molecular complexity index is 602. The molecule has 0 aromatic heterocycles. The van der Waals surface area contributed by atoms with Gasteiger partial charge in [-0.15, -0.1) is 30.6 Å². The molecule has 0 spiro atoms. The highest BCUT2D eigenvalue weighted by Gasteiger charge is 2.21. The number of rotatable bonds is 7. The third-order valence-electron chi connectivity index (χ3n) is 3.59. The van der Waals surface area contributed by atoms with Crippen molar-refractivity contribution in [3.8, 4) is 0 Å². The third-order valence-corrected chi connectivity index (χ3v) is 3.59. The van der Waals surface area contributed by atoms with Gasteiger partial charge in [-0.25, -0.2) is 9.38 Å². The van der Waals surface area contributed by atoms with Crippen LogP contribution in [0.1, 0.15) is 19.4 Å². The van der Waals surface area contributed by atoms with E-state index in [0.717, 1.165) is 5.56 Å². The van der Waals surface area contributed by atoms with Crippen LogP contribution in [0.15, 0.2) is 41.9 Å². The molecule has 1 rings (SSSR count). The van der Waals surface area contributed by atoms with E-state index in [0.29, 0.717) is 19.0 Å². The number of halogens is 2. The third kappa shape index (κ3) is 8.33. The zero-order valence-electron chi connectivity index (χ0n) is 15.3. The Morgan fingerprint density at radius 2 is 2.04 bits per heavy atom. The molecule has 0 heterocycles. The Labute approximate surface area is 166 Å². The molecule has 5 nitrogen and oxygen atoms in total. The summed E-state index contributed by atoms with van der Waals surface area (Å²) in [6.07, 6.45) is 1.71. The van der Waals surface area contributed by atoms with Gasteiger partial charge in [0.1, 0.15) is 12.4 Å². The molecule has 0 bridgehead atoms. The average molecular weight is 462 g/mol. The Hall–Kier alpha value is -1.64. The maximum atomic E-state index is 13.4. The van der Waals surface area contributed by atoms with Crippen LogP contribution in [0.2, 0.25) is 0 Å². The lowest BCUT2D eigenvalue weighted by molar-refractivity contribution is -0.127. The van der Waals surface area contributed by atoms with E-state index in [4.69, 9.17) is 0 Å². The number of nitrogens with zero attached hydrogens (tertiary/aromatic N) is 2. The van der Waals surface area contributed by atoms with Gasteiger partial charge in [-0.3, -0.25) is 4.79 Å². The SMILES string of the molecule is C=CCNC(=NCC(=O)N(C)C)NCC(C)(C)c1cccc(F)c1.I. The van der Waals surface area contributed by atoms with E-state index in [1.54, 1.807) is 26.2 Å². The number of hydrogen-bond acceptors (Lipinski definition) is 2. The normalized spacial score (nSPS) is 11.3. The van der Waals surface area contributed by atoms with Gasteiger partial charge < -0.3 is 15.5 Å². The molecular weight excluding hydrogens is 434 g/mol. The van der Waals surface area contributed by atoms with E-state index in [9.17, 15) is 9.18 Å². The van der Waals surface area contributed by atoms with Crippen molar-refractivity contribution >= 4 is 35.8 Å². The molecule has 0 fully saturated rings. The smallest absolute Gasteiger partial charge is 0.243 e. The highest BCUT2D eigenvalue weighted by atomic mass is 127. The van der Waals surface area contributed by atoms with Gasteiger partial charge in [-0.2, -0.15) is 0 Å². The lowest BCUT2D eigenvalue weighted by atomic mass is 9.84. The summed E-state index contributed by atoms with van der Waals surface area (Å²) in [4.78, 5) is 17.5. The first-order valence-corrected chi connectivity index (χ1v) is 7.85. The summed E-state index contributed by atoms with van der Waals surface area (Å²) >= 11 is 0. The molecular formula is C18H28FIN4O. The number of guanidine groups is 1. The van der Waals surface area contributed by atoms with Crippen LogP contribution in [-0.2, 0) is 10.2 Å². The summed E-state index contributed by atoms with van der Waals surface area (Å²) in [5.41, 5.74) is 0.590. The highest BCUT2D eigenvalue weighted by molar-refractivity contribution is 14.0. The van der Waals surface area contributed by atoms with Crippen LogP contribution in [0.25, 0.3) is 0 Å². The van der Waals surface area contributed by atoms with Crippen molar-refractivity contribution < 1.29 is 9.18 Å². The Morgan fingerprint density at radius 3 is 2.60 bits per heavy atom. The van der Waals surface area contributed by atoms with Crippen LogP contribution in [0.4, 0.5) is 4.39 Å². The fourth-order valence-electron chi connectivity index (χ4n) is 1.95. The molecule has 2 N–H and O–H groups in total. The van der Waals surface area contributed by atoms with Gasteiger partial charge in [-0.05, 0) is 17.7 Å². The predicted molar refractivity (Wildman–Crippen MR) is 112 cm³/mol. The summed E-state index contributed by atoms with van der Waals surface area (Å²) in [5, 5.41) is 6.28. The van der Waals surface area contributed by atoms with Crippen LogP contribution < -0.4 is 10.6 Å². The molecule has 0 aliphatic heterocycles. The zero-order chi connectivity index (χ0) is 18.2. The van der Waals surface area contributed by atoms with Crippen molar-refractivity contribution in [3.05, 3.63) is 48.3 Å². The average Bonchev–Trinajstić information content (AvgIpc) is 2.53. The Morgan fingerprint density at radius 1 is 1.36 bits per heavy atom. The van der Waals surface area contributed by atoms with Gasteiger partial charge in [0, 0.05) is 32.6 Å². The standard InChI is InChI=1S/C18H27FN4O.HI/c1-6-10-20-17(21-12-16(24)23(4)5)22-13-18(2,3)14-8-7-9-15(19)11-14;/h6-9,11H,1,10,12-13H2,2-5H3,(H2,20,21,22);1H. The van der Waals surface area contributed by atoms with Crippen LogP contribution in [0.5, 0.6) is 0 Å². The molecule has 7 heteroatoms. The first kappa shape index (κ1) is 23.4. The number of hydrogen-bond donors (Lipinski definition) is 2. The molecule has 0 atom stereocenters. The molecule has 25 heavy (non-hydrogen) atoms. The largest absolute Gasteiger partial charge is 0.356 e. The van der Waals surface area contributed by atoms with Crippen molar-refractivity contribution in [2.75, 3.05) is 33.7 Å². The highest BCUT2D eigenvalue weighted by Crippen LogP contribution is 2.22. The molecule has 1 aromatic carbocycles. The number of carbonyl (C=O) groups excluding carboxylic acids is 1. The van der Waals surface area contributed by atoms with Crippen molar-refractivity contribution in [2.24, 2.45) is 4.99 Å². The molecule has 0 saturated carbocycles. The maximum absolute atomic E-state index is 13.4. The van der Waals surface area contributed by atoms with Crippen LogP contribution in [-0.4, -0.2) is 50.5 Å². The van der Waals surface area contributed by atoms with Crippen molar-refractivity contribution in [3.63, 3.8) is 0 Å². The molecule has 0 radical (unpaired) electrons. The van der Waals surface area contributed by atoms with Gasteiger partial charge in [0.2, 0.25) is 5.91 Å². The van der Waals surface area contributed by atoms with Gasteiger partial charge in [0.25, 0.3) is 0 Å². The fraction of sp³-hybridized carbons (Fsp3) is 0.444. The number of likely N-dealkylation sites (N-methyl/N-ethyl adjacent to an activating group) is 1. The summed E-state index contributed by atoms with van der Waals surface area (Å²) in [6.45, 7) is 8.82. The molecule has 1 aromatic rings. The second-order valence-corrected chi connectivity index (χ2v) is 6.37. The van der Waals surface area contributed by atoms with E-state index >= 15 is 0 Å². The first-order valence-electron chi connectivity index (χ1n) is 7.85. The molecule has 0 saturated heterocycles. The van der Waals surface area contributed by atoms with Crippen molar-refractivity contribution in [1.29, 1.82) is 0 Å². The number of carbonyl (C=O) groups is 1. The number of amides is 1. The lowest BCUT2D eigenvalue weighted by Gasteiger charge is -2.27. The number of aliphatic imine (C=N–C) groups is 1.